The monoisotopic (exact) mass is 466 g/mol. The molecule has 8 nitrogen and oxygen atoms in total. The van der Waals surface area contributed by atoms with E-state index in [9.17, 15) is 9.90 Å². The van der Waals surface area contributed by atoms with Crippen LogP contribution in [0.4, 0.5) is 5.69 Å². The smallest absolute Gasteiger partial charge is 0.296 e. The summed E-state index contributed by atoms with van der Waals surface area (Å²) in [5.74, 6) is 0.528. The van der Waals surface area contributed by atoms with E-state index in [0.717, 1.165) is 11.1 Å². The van der Waals surface area contributed by atoms with Gasteiger partial charge >= 0.3 is 0 Å². The van der Waals surface area contributed by atoms with Crippen LogP contribution in [0.25, 0.3) is 33.1 Å². The Morgan fingerprint density at radius 1 is 0.914 bits per heavy atom. The van der Waals surface area contributed by atoms with Crippen molar-refractivity contribution in [3.8, 4) is 28.6 Å². The minimum atomic E-state index is -0.567. The summed E-state index contributed by atoms with van der Waals surface area (Å²) in [6.07, 6.45) is 0. The van der Waals surface area contributed by atoms with E-state index in [1.54, 1.807) is 62.2 Å². The summed E-state index contributed by atoms with van der Waals surface area (Å²) >= 11 is 0. The molecular weight excluding hydrogens is 444 g/mol. The first-order valence-electron chi connectivity index (χ1n) is 10.9. The van der Waals surface area contributed by atoms with Gasteiger partial charge in [0.05, 0.1) is 36.5 Å². The van der Waals surface area contributed by atoms with E-state index in [2.05, 4.69) is 10.2 Å². The van der Waals surface area contributed by atoms with Gasteiger partial charge in [0.2, 0.25) is 5.88 Å². The number of ether oxygens (including phenoxy) is 2. The second-order valence-corrected chi connectivity index (χ2v) is 7.92. The fraction of sp³-hybridized carbons (Fsp3) is 0.111. The van der Waals surface area contributed by atoms with Gasteiger partial charge in [-0.25, -0.2) is 4.98 Å². The van der Waals surface area contributed by atoms with Crippen LogP contribution in [0.5, 0.6) is 17.4 Å². The Morgan fingerprint density at radius 3 is 2.31 bits per heavy atom. The van der Waals surface area contributed by atoms with Crippen molar-refractivity contribution in [2.75, 3.05) is 14.2 Å². The van der Waals surface area contributed by atoms with Gasteiger partial charge in [-0.15, -0.1) is 10.2 Å². The third kappa shape index (κ3) is 3.95. The molecule has 1 amide bonds. The van der Waals surface area contributed by atoms with Gasteiger partial charge in [0.15, 0.2) is 5.69 Å². The molecule has 2 heterocycles. The number of pyridine rings is 1. The number of rotatable bonds is 5. The highest BCUT2D eigenvalue weighted by atomic mass is 16.5. The van der Waals surface area contributed by atoms with Gasteiger partial charge < -0.3 is 19.1 Å². The van der Waals surface area contributed by atoms with Crippen molar-refractivity contribution < 1.29 is 19.4 Å². The van der Waals surface area contributed by atoms with Crippen LogP contribution in [0.3, 0.4) is 0 Å². The van der Waals surface area contributed by atoms with Crippen molar-refractivity contribution in [3.63, 3.8) is 0 Å². The van der Waals surface area contributed by atoms with Gasteiger partial charge in [-0.05, 0) is 42.5 Å². The number of aromatic hydroxyl groups is 1. The number of azo groups is 1. The fourth-order valence-electron chi connectivity index (χ4n) is 4.03. The zero-order valence-electron chi connectivity index (χ0n) is 19.4. The molecule has 0 saturated heterocycles. The number of carbonyl (C=O) groups is 1. The first-order chi connectivity index (χ1) is 17.0. The zero-order valence-corrected chi connectivity index (χ0v) is 19.4. The lowest BCUT2D eigenvalue weighted by atomic mass is 10.0. The van der Waals surface area contributed by atoms with Crippen molar-refractivity contribution >= 4 is 33.4 Å². The molecular formula is C27H22N4O4. The number of hydrogen-bond acceptors (Lipinski definition) is 6. The van der Waals surface area contributed by atoms with E-state index < -0.39 is 5.91 Å². The number of fused-ring (bicyclic) bond motifs is 2. The van der Waals surface area contributed by atoms with Crippen LogP contribution in [0.1, 0.15) is 10.4 Å². The van der Waals surface area contributed by atoms with Crippen LogP contribution in [0, 0.1) is 0 Å². The third-order valence-electron chi connectivity index (χ3n) is 5.91. The predicted molar refractivity (Wildman–Crippen MR) is 134 cm³/mol. The van der Waals surface area contributed by atoms with E-state index in [1.807, 2.05) is 36.4 Å². The first-order valence-corrected chi connectivity index (χ1v) is 10.9. The highest BCUT2D eigenvalue weighted by molar-refractivity contribution is 6.08. The van der Waals surface area contributed by atoms with E-state index in [0.29, 0.717) is 39.0 Å². The summed E-state index contributed by atoms with van der Waals surface area (Å²) in [6.45, 7) is 0. The Hall–Kier alpha value is -4.72. The number of nitrogens with zero attached hydrogens (tertiary/aromatic N) is 4. The molecule has 8 heteroatoms. The highest BCUT2D eigenvalue weighted by Gasteiger charge is 2.18. The third-order valence-corrected chi connectivity index (χ3v) is 5.91. The molecule has 2 aromatic heterocycles. The van der Waals surface area contributed by atoms with Crippen molar-refractivity contribution in [2.45, 2.75) is 0 Å². The molecule has 5 aromatic rings. The van der Waals surface area contributed by atoms with Crippen LogP contribution < -0.4 is 9.47 Å². The molecule has 0 bridgehead atoms. The predicted octanol–water partition coefficient (Wildman–Crippen LogP) is 6.04. The molecule has 0 fully saturated rings. The SMILES string of the molecule is COc1ccc2nc(-c3ccccc3)cc(C(=O)N=Nc3c(O)n(C)c4ccc(OC)cc34)c2c1. The molecule has 1 N–H and O–H groups in total. The van der Waals surface area contributed by atoms with E-state index >= 15 is 0 Å². The number of amides is 1. The number of carbonyl (C=O) groups excluding carboxylic acids is 1. The summed E-state index contributed by atoms with van der Waals surface area (Å²) < 4.78 is 12.2. The van der Waals surface area contributed by atoms with E-state index in [-0.39, 0.29) is 11.6 Å². The van der Waals surface area contributed by atoms with Crippen molar-refractivity contribution in [2.24, 2.45) is 17.3 Å². The molecule has 0 unspecified atom stereocenters. The minimum Gasteiger partial charge on any atom is -0.497 e. The standard InChI is InChI=1S/C27H22N4O4/c1-31-24-12-10-18(35-3)14-21(24)25(27(31)33)29-30-26(32)20-15-23(16-7-5-4-6-8-16)28-22-11-9-17(34-2)13-19(20)22/h4-15,33H,1-3H3. The maximum absolute atomic E-state index is 13.4. The van der Waals surface area contributed by atoms with Gasteiger partial charge in [-0.1, -0.05) is 30.3 Å². The lowest BCUT2D eigenvalue weighted by Crippen LogP contribution is -1.99. The molecule has 35 heavy (non-hydrogen) atoms. The van der Waals surface area contributed by atoms with Gasteiger partial charge in [0.25, 0.3) is 5.91 Å². The fourth-order valence-corrected chi connectivity index (χ4v) is 4.03. The molecule has 0 aliphatic carbocycles. The summed E-state index contributed by atoms with van der Waals surface area (Å²) in [5.41, 5.74) is 3.39. The normalized spacial score (nSPS) is 11.4. The van der Waals surface area contributed by atoms with Crippen LogP contribution in [0.15, 0.2) is 83.0 Å². The van der Waals surface area contributed by atoms with Gasteiger partial charge in [-0.3, -0.25) is 4.79 Å². The molecule has 5 rings (SSSR count). The number of methoxy groups -OCH3 is 2. The van der Waals surface area contributed by atoms with Gasteiger partial charge in [-0.2, -0.15) is 0 Å². The maximum atomic E-state index is 13.4. The molecule has 174 valence electrons. The van der Waals surface area contributed by atoms with Gasteiger partial charge in [0, 0.05) is 23.4 Å². The van der Waals surface area contributed by atoms with E-state index in [4.69, 9.17) is 14.5 Å². The van der Waals surface area contributed by atoms with Gasteiger partial charge in [0.1, 0.15) is 11.5 Å². The Balaban J connectivity index is 1.64. The van der Waals surface area contributed by atoms with Crippen LogP contribution >= 0.6 is 0 Å². The second-order valence-electron chi connectivity index (χ2n) is 7.92. The average Bonchev–Trinajstić information content (AvgIpc) is 3.15. The van der Waals surface area contributed by atoms with Crippen molar-refractivity contribution in [1.29, 1.82) is 0 Å². The molecule has 0 spiro atoms. The quantitative estimate of drug-likeness (QED) is 0.318. The van der Waals surface area contributed by atoms with Crippen molar-refractivity contribution in [3.05, 3.63) is 78.4 Å². The number of aromatic nitrogens is 2. The minimum absolute atomic E-state index is 0.101. The molecule has 0 radical (unpaired) electrons. The molecule has 0 saturated carbocycles. The summed E-state index contributed by atoms with van der Waals surface area (Å²) in [7, 11) is 4.83. The summed E-state index contributed by atoms with van der Waals surface area (Å²) in [6, 6.07) is 22.0. The lowest BCUT2D eigenvalue weighted by molar-refractivity contribution is 0.0996. The molecule has 0 aliphatic rings. The Morgan fingerprint density at radius 2 is 1.60 bits per heavy atom. The molecule has 3 aromatic carbocycles. The average molecular weight is 466 g/mol. The lowest BCUT2D eigenvalue weighted by Gasteiger charge is -2.09. The van der Waals surface area contributed by atoms with Crippen molar-refractivity contribution in [1.82, 2.24) is 9.55 Å². The first kappa shape index (κ1) is 22.1. The number of hydrogen-bond donors (Lipinski definition) is 1. The largest absolute Gasteiger partial charge is 0.497 e. The highest BCUT2D eigenvalue weighted by Crippen LogP contribution is 2.40. The number of aryl methyl sites for hydroxylation is 1. The second kappa shape index (κ2) is 8.90. The summed E-state index contributed by atoms with van der Waals surface area (Å²) in [4.78, 5) is 18.1. The number of benzene rings is 3. The maximum Gasteiger partial charge on any atom is 0.296 e. The zero-order chi connectivity index (χ0) is 24.5. The van der Waals surface area contributed by atoms with Crippen LogP contribution in [-0.2, 0) is 7.05 Å². The topological polar surface area (TPSA) is 98.3 Å². The van der Waals surface area contributed by atoms with Crippen LogP contribution in [-0.4, -0.2) is 34.8 Å². The Labute approximate surface area is 201 Å². The van der Waals surface area contributed by atoms with Crippen LogP contribution in [0.2, 0.25) is 0 Å². The molecule has 0 aliphatic heterocycles. The van der Waals surface area contributed by atoms with E-state index in [1.165, 1.54) is 0 Å². The molecule has 0 atom stereocenters. The Bertz CT molecular complexity index is 1610. The Kier molecular flexibility index (Phi) is 5.62. The summed E-state index contributed by atoms with van der Waals surface area (Å²) in [5, 5.41) is 20.0.